The summed E-state index contributed by atoms with van der Waals surface area (Å²) >= 11 is 12.0. The Morgan fingerprint density at radius 1 is 1.00 bits per heavy atom. The summed E-state index contributed by atoms with van der Waals surface area (Å²) in [6, 6.07) is 14.5. The van der Waals surface area contributed by atoms with Crippen LogP contribution in [-0.2, 0) is 0 Å². The highest BCUT2D eigenvalue weighted by molar-refractivity contribution is 6.31. The van der Waals surface area contributed by atoms with Crippen LogP contribution in [0.4, 0.5) is 10.5 Å². The molecule has 0 aliphatic carbocycles. The van der Waals surface area contributed by atoms with E-state index >= 15 is 0 Å². The summed E-state index contributed by atoms with van der Waals surface area (Å²) in [6.07, 6.45) is 0.954. The standard InChI is InChI=1S/C23H27Cl2N5O/c1-28-12-14-29(15-13-28)11-10-18-16-30(23(31)26-21-8-6-20(25)7-9-21)27-22(18)17-2-4-19(24)5-3-17/h2-9,18H,10-16H2,1H3,(H,26,31). The smallest absolute Gasteiger partial charge is 0.306 e. The van der Waals surface area contributed by atoms with Crippen LogP contribution in [-0.4, -0.2) is 72.9 Å². The van der Waals surface area contributed by atoms with E-state index in [1.807, 2.05) is 24.3 Å². The largest absolute Gasteiger partial charge is 0.342 e. The molecular formula is C23H27Cl2N5O. The van der Waals surface area contributed by atoms with Gasteiger partial charge in [-0.3, -0.25) is 0 Å². The number of halogens is 2. The first-order chi connectivity index (χ1) is 15.0. The molecule has 2 aliphatic rings. The Hall–Kier alpha value is -2.12. The Balaban J connectivity index is 1.46. The summed E-state index contributed by atoms with van der Waals surface area (Å²) in [5.74, 6) is 0.178. The predicted octanol–water partition coefficient (Wildman–Crippen LogP) is 4.50. The van der Waals surface area contributed by atoms with Gasteiger partial charge in [0.25, 0.3) is 0 Å². The second-order valence-electron chi connectivity index (χ2n) is 8.14. The minimum atomic E-state index is -0.240. The minimum absolute atomic E-state index is 0.178. The zero-order valence-corrected chi connectivity index (χ0v) is 19.1. The van der Waals surface area contributed by atoms with Gasteiger partial charge in [-0.05, 0) is 62.0 Å². The molecule has 1 atom stereocenters. The Kier molecular flexibility index (Phi) is 7.13. The Morgan fingerprint density at radius 3 is 2.26 bits per heavy atom. The number of hydrogen-bond donors (Lipinski definition) is 1. The van der Waals surface area contributed by atoms with Crippen LogP contribution < -0.4 is 5.32 Å². The molecule has 31 heavy (non-hydrogen) atoms. The van der Waals surface area contributed by atoms with Gasteiger partial charge in [-0.1, -0.05) is 35.3 Å². The summed E-state index contributed by atoms with van der Waals surface area (Å²) in [5, 5.41) is 10.5. The van der Waals surface area contributed by atoms with Gasteiger partial charge < -0.3 is 15.1 Å². The number of carbonyl (C=O) groups excluding carboxylic acids is 1. The lowest BCUT2D eigenvalue weighted by atomic mass is 9.94. The SMILES string of the molecule is CN1CCN(CCC2CN(C(=O)Nc3ccc(Cl)cc3)N=C2c2ccc(Cl)cc2)CC1. The molecule has 1 unspecified atom stereocenters. The summed E-state index contributed by atoms with van der Waals surface area (Å²) in [6.45, 7) is 5.91. The number of piperazine rings is 1. The van der Waals surface area contributed by atoms with Crippen LogP contribution in [0.25, 0.3) is 0 Å². The Morgan fingerprint density at radius 2 is 1.61 bits per heavy atom. The lowest BCUT2D eigenvalue weighted by Crippen LogP contribution is -2.45. The van der Waals surface area contributed by atoms with Crippen LogP contribution in [0.3, 0.4) is 0 Å². The van der Waals surface area contributed by atoms with Crippen molar-refractivity contribution in [3.63, 3.8) is 0 Å². The van der Waals surface area contributed by atoms with Gasteiger partial charge in [0.05, 0.1) is 12.3 Å². The van der Waals surface area contributed by atoms with E-state index in [-0.39, 0.29) is 11.9 Å². The molecule has 2 heterocycles. The van der Waals surface area contributed by atoms with E-state index in [0.29, 0.717) is 22.3 Å². The van der Waals surface area contributed by atoms with Gasteiger partial charge in [-0.2, -0.15) is 5.10 Å². The molecule has 0 aromatic heterocycles. The van der Waals surface area contributed by atoms with Crippen molar-refractivity contribution in [1.29, 1.82) is 0 Å². The molecule has 6 nitrogen and oxygen atoms in total. The number of nitrogens with one attached hydrogen (secondary N) is 1. The van der Waals surface area contributed by atoms with Crippen molar-refractivity contribution in [2.24, 2.45) is 11.0 Å². The highest BCUT2D eigenvalue weighted by Gasteiger charge is 2.31. The van der Waals surface area contributed by atoms with E-state index in [0.717, 1.165) is 50.4 Å². The van der Waals surface area contributed by atoms with Gasteiger partial charge in [-0.15, -0.1) is 0 Å². The van der Waals surface area contributed by atoms with Gasteiger partial charge >= 0.3 is 6.03 Å². The fourth-order valence-electron chi connectivity index (χ4n) is 3.95. The summed E-state index contributed by atoms with van der Waals surface area (Å²) in [4.78, 5) is 17.7. The lowest BCUT2D eigenvalue weighted by molar-refractivity contribution is 0.148. The summed E-state index contributed by atoms with van der Waals surface area (Å²) in [7, 11) is 2.16. The average Bonchev–Trinajstić information content (AvgIpc) is 3.20. The predicted molar refractivity (Wildman–Crippen MR) is 127 cm³/mol. The Bertz CT molecular complexity index is 924. The highest BCUT2D eigenvalue weighted by Crippen LogP contribution is 2.25. The maximum Gasteiger partial charge on any atom is 0.342 e. The molecule has 4 rings (SSSR count). The fourth-order valence-corrected chi connectivity index (χ4v) is 4.20. The van der Waals surface area contributed by atoms with Crippen molar-refractivity contribution in [2.75, 3.05) is 51.6 Å². The third-order valence-corrected chi connectivity index (χ3v) is 6.37. The molecule has 2 aromatic rings. The van der Waals surface area contributed by atoms with Crippen LogP contribution in [0.15, 0.2) is 53.6 Å². The van der Waals surface area contributed by atoms with Crippen LogP contribution in [0, 0.1) is 5.92 Å². The number of carbonyl (C=O) groups is 1. The number of nitrogens with zero attached hydrogens (tertiary/aromatic N) is 4. The molecule has 2 aliphatic heterocycles. The number of likely N-dealkylation sites (N-methyl/N-ethyl adjacent to an activating group) is 1. The number of anilines is 1. The van der Waals surface area contributed by atoms with Crippen molar-refractivity contribution in [1.82, 2.24) is 14.8 Å². The Labute approximate surface area is 193 Å². The molecule has 1 fully saturated rings. The molecule has 1 N–H and O–H groups in total. The molecule has 0 radical (unpaired) electrons. The first kappa shape index (κ1) is 22.1. The van der Waals surface area contributed by atoms with E-state index in [4.69, 9.17) is 28.3 Å². The third kappa shape index (κ3) is 5.77. The van der Waals surface area contributed by atoms with Gasteiger partial charge in [-0.25, -0.2) is 9.80 Å². The number of urea groups is 1. The first-order valence-electron chi connectivity index (χ1n) is 10.6. The van der Waals surface area contributed by atoms with Crippen LogP contribution in [0.1, 0.15) is 12.0 Å². The van der Waals surface area contributed by atoms with E-state index in [2.05, 4.69) is 22.2 Å². The van der Waals surface area contributed by atoms with Gasteiger partial charge in [0.1, 0.15) is 0 Å². The number of benzene rings is 2. The van der Waals surface area contributed by atoms with Crippen molar-refractivity contribution >= 4 is 40.6 Å². The molecule has 0 saturated carbocycles. The zero-order valence-electron chi connectivity index (χ0n) is 17.6. The summed E-state index contributed by atoms with van der Waals surface area (Å²) < 4.78 is 0. The molecule has 2 amide bonds. The number of amides is 2. The molecule has 0 spiro atoms. The molecule has 0 bridgehead atoms. The van der Waals surface area contributed by atoms with Crippen molar-refractivity contribution < 1.29 is 4.79 Å². The third-order valence-electron chi connectivity index (χ3n) is 5.87. The minimum Gasteiger partial charge on any atom is -0.306 e. The summed E-state index contributed by atoms with van der Waals surface area (Å²) in [5.41, 5.74) is 2.64. The number of hydrazone groups is 1. The van der Waals surface area contributed by atoms with Crippen molar-refractivity contribution in [3.8, 4) is 0 Å². The average molecular weight is 460 g/mol. The normalized spacial score (nSPS) is 20.0. The first-order valence-corrected chi connectivity index (χ1v) is 11.3. The number of hydrogen-bond acceptors (Lipinski definition) is 4. The second kappa shape index (κ2) is 10.0. The number of rotatable bonds is 5. The molecule has 2 aromatic carbocycles. The van der Waals surface area contributed by atoms with Crippen LogP contribution in [0.5, 0.6) is 0 Å². The van der Waals surface area contributed by atoms with Crippen molar-refractivity contribution in [2.45, 2.75) is 6.42 Å². The maximum absolute atomic E-state index is 12.9. The lowest BCUT2D eigenvalue weighted by Gasteiger charge is -2.33. The monoisotopic (exact) mass is 459 g/mol. The van der Waals surface area contributed by atoms with Gasteiger partial charge in [0.2, 0.25) is 0 Å². The van der Waals surface area contributed by atoms with Crippen molar-refractivity contribution in [3.05, 3.63) is 64.1 Å². The molecular weight excluding hydrogens is 433 g/mol. The van der Waals surface area contributed by atoms with E-state index < -0.39 is 0 Å². The van der Waals surface area contributed by atoms with E-state index in [1.165, 1.54) is 5.01 Å². The van der Waals surface area contributed by atoms with Gasteiger partial charge in [0, 0.05) is 47.8 Å². The van der Waals surface area contributed by atoms with Crippen LogP contribution in [0.2, 0.25) is 10.0 Å². The van der Waals surface area contributed by atoms with Gasteiger partial charge in [0.15, 0.2) is 0 Å². The molecule has 8 heteroatoms. The highest BCUT2D eigenvalue weighted by atomic mass is 35.5. The fraction of sp³-hybridized carbons (Fsp3) is 0.391. The second-order valence-corrected chi connectivity index (χ2v) is 9.01. The van der Waals surface area contributed by atoms with Crippen LogP contribution >= 0.6 is 23.2 Å². The topological polar surface area (TPSA) is 51.2 Å². The quantitative estimate of drug-likeness (QED) is 0.715. The van der Waals surface area contributed by atoms with E-state index in [1.54, 1.807) is 24.3 Å². The zero-order chi connectivity index (χ0) is 21.8. The molecule has 1 saturated heterocycles. The molecule has 164 valence electrons. The van der Waals surface area contributed by atoms with E-state index in [9.17, 15) is 4.79 Å². The maximum atomic E-state index is 12.9.